The van der Waals surface area contributed by atoms with E-state index in [0.717, 1.165) is 44.2 Å². The lowest BCUT2D eigenvalue weighted by atomic mass is 10.00. The molecule has 0 spiro atoms. The summed E-state index contributed by atoms with van der Waals surface area (Å²) in [6, 6.07) is 0. The van der Waals surface area contributed by atoms with Gasteiger partial charge in [-0.1, -0.05) is 6.92 Å². The number of hydrogen-bond acceptors (Lipinski definition) is 5. The van der Waals surface area contributed by atoms with Crippen molar-refractivity contribution in [1.29, 1.82) is 0 Å². The van der Waals surface area contributed by atoms with E-state index in [-0.39, 0.29) is 0 Å². The van der Waals surface area contributed by atoms with Gasteiger partial charge in [0.05, 0.1) is 18.5 Å². The van der Waals surface area contributed by atoms with Crippen molar-refractivity contribution in [3.8, 4) is 0 Å². The molecule has 0 radical (unpaired) electrons. The Kier molecular flexibility index (Phi) is 4.75. The van der Waals surface area contributed by atoms with Gasteiger partial charge in [0.1, 0.15) is 11.6 Å². The van der Waals surface area contributed by atoms with Crippen LogP contribution in [0.25, 0.3) is 0 Å². The lowest BCUT2D eigenvalue weighted by Crippen LogP contribution is -2.23. The molecule has 1 aromatic rings. The minimum atomic E-state index is 0.391. The van der Waals surface area contributed by atoms with Crippen molar-refractivity contribution >= 4 is 11.6 Å². The third-order valence-corrected chi connectivity index (χ3v) is 3.29. The number of nitrogens with one attached hydrogen (secondary N) is 2. The fourth-order valence-corrected chi connectivity index (χ4v) is 2.33. The molecule has 1 aliphatic rings. The molecule has 0 bridgehead atoms. The second-order valence-corrected chi connectivity index (χ2v) is 4.57. The number of anilines is 2. The molecule has 0 aliphatic carbocycles. The van der Waals surface area contributed by atoms with Crippen molar-refractivity contribution < 1.29 is 4.74 Å². The van der Waals surface area contributed by atoms with Crippen molar-refractivity contribution in [3.05, 3.63) is 12.4 Å². The van der Waals surface area contributed by atoms with Gasteiger partial charge in [-0.05, 0) is 19.8 Å². The van der Waals surface area contributed by atoms with Gasteiger partial charge in [-0.3, -0.25) is 4.98 Å². The zero-order valence-corrected chi connectivity index (χ0v) is 11.1. The highest BCUT2D eigenvalue weighted by atomic mass is 16.5. The van der Waals surface area contributed by atoms with Crippen LogP contribution >= 0.6 is 0 Å². The normalized spacial score (nSPS) is 23.0. The Balaban J connectivity index is 1.87. The Hall–Kier alpha value is -1.36. The Morgan fingerprint density at radius 2 is 2.06 bits per heavy atom. The zero-order valence-electron chi connectivity index (χ0n) is 11.1. The van der Waals surface area contributed by atoms with Gasteiger partial charge in [-0.25, -0.2) is 4.98 Å². The van der Waals surface area contributed by atoms with E-state index < -0.39 is 0 Å². The first-order chi connectivity index (χ1) is 8.83. The molecule has 1 aromatic heterocycles. The molecule has 0 aromatic carbocycles. The number of aromatic nitrogens is 2. The minimum absolute atomic E-state index is 0.391. The molecule has 2 N–H and O–H groups in total. The van der Waals surface area contributed by atoms with Crippen molar-refractivity contribution in [1.82, 2.24) is 9.97 Å². The van der Waals surface area contributed by atoms with Gasteiger partial charge in [0, 0.05) is 25.6 Å². The van der Waals surface area contributed by atoms with E-state index in [4.69, 9.17) is 4.74 Å². The molecule has 5 heteroatoms. The Labute approximate surface area is 108 Å². The van der Waals surface area contributed by atoms with Gasteiger partial charge in [0.2, 0.25) is 0 Å². The Morgan fingerprint density at radius 1 is 1.28 bits per heavy atom. The van der Waals surface area contributed by atoms with Crippen LogP contribution in [-0.4, -0.2) is 35.8 Å². The highest BCUT2D eigenvalue weighted by Gasteiger charge is 2.26. The molecule has 2 rings (SSSR count). The number of nitrogens with zero attached hydrogens (tertiary/aromatic N) is 2. The molecule has 1 aliphatic heterocycles. The third-order valence-electron chi connectivity index (χ3n) is 3.29. The lowest BCUT2D eigenvalue weighted by molar-refractivity contribution is 0.0900. The van der Waals surface area contributed by atoms with Crippen LogP contribution in [0.4, 0.5) is 11.6 Å². The fourth-order valence-electron chi connectivity index (χ4n) is 2.33. The van der Waals surface area contributed by atoms with Gasteiger partial charge in [-0.15, -0.1) is 0 Å². The minimum Gasteiger partial charge on any atom is -0.378 e. The number of hydrogen-bond donors (Lipinski definition) is 2. The van der Waals surface area contributed by atoms with Crippen molar-refractivity contribution in [3.63, 3.8) is 0 Å². The fraction of sp³-hybridized carbons (Fsp3) is 0.692. The molecule has 2 atom stereocenters. The summed E-state index contributed by atoms with van der Waals surface area (Å²) in [5.74, 6) is 2.23. The van der Waals surface area contributed by atoms with Crippen LogP contribution in [0.5, 0.6) is 0 Å². The van der Waals surface area contributed by atoms with Crippen molar-refractivity contribution in [2.45, 2.75) is 32.8 Å². The smallest absolute Gasteiger partial charge is 0.146 e. The van der Waals surface area contributed by atoms with Gasteiger partial charge >= 0.3 is 0 Å². The van der Waals surface area contributed by atoms with Crippen LogP contribution in [0.2, 0.25) is 0 Å². The van der Waals surface area contributed by atoms with E-state index >= 15 is 0 Å². The molecule has 18 heavy (non-hydrogen) atoms. The average molecular weight is 250 g/mol. The van der Waals surface area contributed by atoms with Gasteiger partial charge in [0.15, 0.2) is 0 Å². The van der Waals surface area contributed by atoms with E-state index in [9.17, 15) is 0 Å². The standard InChI is InChI=1S/C13H22N4O/c1-3-11-10(5-6-18-11)7-16-13-9-14-8-12(17-13)15-4-2/h8-11H,3-7H2,1-2H3,(H2,15,16,17). The molecular formula is C13H22N4O. The van der Waals surface area contributed by atoms with Crippen LogP contribution in [0.3, 0.4) is 0 Å². The predicted molar refractivity (Wildman–Crippen MR) is 72.8 cm³/mol. The largest absolute Gasteiger partial charge is 0.378 e. The lowest BCUT2D eigenvalue weighted by Gasteiger charge is -2.17. The molecule has 1 fully saturated rings. The number of ether oxygens (including phenoxy) is 1. The second-order valence-electron chi connectivity index (χ2n) is 4.57. The van der Waals surface area contributed by atoms with Crippen LogP contribution in [0.15, 0.2) is 12.4 Å². The van der Waals surface area contributed by atoms with Crippen molar-refractivity contribution in [2.75, 3.05) is 30.3 Å². The third kappa shape index (κ3) is 3.32. The topological polar surface area (TPSA) is 59.1 Å². The molecule has 1 saturated heterocycles. The highest BCUT2D eigenvalue weighted by Crippen LogP contribution is 2.23. The highest BCUT2D eigenvalue weighted by molar-refractivity contribution is 5.41. The predicted octanol–water partition coefficient (Wildman–Crippen LogP) is 2.14. The quantitative estimate of drug-likeness (QED) is 0.810. The molecule has 2 heterocycles. The summed E-state index contributed by atoms with van der Waals surface area (Å²) in [5, 5.41) is 6.51. The Bertz CT molecular complexity index is 372. The van der Waals surface area contributed by atoms with Crippen LogP contribution < -0.4 is 10.6 Å². The summed E-state index contributed by atoms with van der Waals surface area (Å²) in [6.45, 7) is 6.86. The molecule has 0 amide bonds. The van der Waals surface area contributed by atoms with E-state index in [0.29, 0.717) is 12.0 Å². The van der Waals surface area contributed by atoms with Gasteiger partial charge < -0.3 is 15.4 Å². The Morgan fingerprint density at radius 3 is 2.78 bits per heavy atom. The van der Waals surface area contributed by atoms with E-state index in [1.807, 2.05) is 6.92 Å². The second kappa shape index (κ2) is 6.54. The first-order valence-corrected chi connectivity index (χ1v) is 6.74. The maximum Gasteiger partial charge on any atom is 0.146 e. The molecule has 100 valence electrons. The molecule has 0 saturated carbocycles. The summed E-state index contributed by atoms with van der Waals surface area (Å²) in [7, 11) is 0. The monoisotopic (exact) mass is 250 g/mol. The van der Waals surface area contributed by atoms with Crippen molar-refractivity contribution in [2.24, 2.45) is 5.92 Å². The van der Waals surface area contributed by atoms with Crippen LogP contribution in [0.1, 0.15) is 26.7 Å². The zero-order chi connectivity index (χ0) is 12.8. The first kappa shape index (κ1) is 13.1. The summed E-state index contributed by atoms with van der Waals surface area (Å²) in [4.78, 5) is 8.62. The molecular weight excluding hydrogens is 228 g/mol. The maximum absolute atomic E-state index is 5.68. The average Bonchev–Trinajstić information content (AvgIpc) is 2.84. The first-order valence-electron chi connectivity index (χ1n) is 6.74. The van der Waals surface area contributed by atoms with Gasteiger partial charge in [0.25, 0.3) is 0 Å². The summed E-state index contributed by atoms with van der Waals surface area (Å²) in [6.07, 6.45) is 6.10. The SMILES string of the molecule is CCNc1cncc(NCC2CCOC2CC)n1. The molecule has 2 unspecified atom stereocenters. The van der Waals surface area contributed by atoms with Gasteiger partial charge in [-0.2, -0.15) is 0 Å². The molecule has 5 nitrogen and oxygen atoms in total. The summed E-state index contributed by atoms with van der Waals surface area (Å²) in [5.41, 5.74) is 0. The number of rotatable bonds is 6. The van der Waals surface area contributed by atoms with Crippen LogP contribution in [0, 0.1) is 5.92 Å². The van der Waals surface area contributed by atoms with Crippen LogP contribution in [-0.2, 0) is 4.74 Å². The summed E-state index contributed by atoms with van der Waals surface area (Å²) < 4.78 is 5.68. The van der Waals surface area contributed by atoms with E-state index in [1.165, 1.54) is 0 Å². The maximum atomic E-state index is 5.68. The summed E-state index contributed by atoms with van der Waals surface area (Å²) >= 11 is 0. The van der Waals surface area contributed by atoms with E-state index in [1.54, 1.807) is 12.4 Å². The van der Waals surface area contributed by atoms with E-state index in [2.05, 4.69) is 27.5 Å².